The van der Waals surface area contributed by atoms with Gasteiger partial charge >= 0.3 is 11.9 Å². The van der Waals surface area contributed by atoms with Crippen molar-refractivity contribution in [1.29, 1.82) is 0 Å². The maximum absolute atomic E-state index is 12.8. The smallest absolute Gasteiger partial charge is 0.414 e. The maximum Gasteiger partial charge on any atom is 0.414 e. The number of carbonyl (C=O) groups is 4. The molecule has 2 amide bonds. The van der Waals surface area contributed by atoms with Crippen LogP contribution < -0.4 is 5.32 Å². The van der Waals surface area contributed by atoms with Gasteiger partial charge in [-0.15, -0.1) is 0 Å². The molecule has 0 atom stereocenters. The highest BCUT2D eigenvalue weighted by Crippen LogP contribution is 2.18. The van der Waals surface area contributed by atoms with E-state index in [1.54, 1.807) is 0 Å². The number of fused-ring (bicyclic) bond motifs is 1. The molecule has 196 valence electrons. The molecule has 0 unspecified atom stereocenters. The number of aryl methyl sites for hydroxylation is 1. The standard InChI is InChI=1S/C24H29N5O2.C2H2O4/c1-2-13-29-21-11-7-6-10-20(21)22(26-29)23(30)25-12-14-27-15-17-28(18-16-27)24(31)19-8-4-3-5-9-19;3-1(4)2(5)6/h3-11H,2,12-18H2,1H3,(H,25,30);(H,3,4)(H,5,6). The zero-order valence-corrected chi connectivity index (χ0v) is 20.7. The lowest BCUT2D eigenvalue weighted by Crippen LogP contribution is -2.50. The van der Waals surface area contributed by atoms with Gasteiger partial charge in [0.1, 0.15) is 0 Å². The Bertz CT molecular complexity index is 1220. The molecule has 3 N–H and O–H groups in total. The van der Waals surface area contributed by atoms with Crippen molar-refractivity contribution in [2.45, 2.75) is 19.9 Å². The van der Waals surface area contributed by atoms with Crippen molar-refractivity contribution in [3.05, 3.63) is 65.9 Å². The molecule has 1 saturated heterocycles. The number of hydrogen-bond acceptors (Lipinski definition) is 6. The number of hydrogen-bond donors (Lipinski definition) is 3. The molecule has 1 fully saturated rings. The van der Waals surface area contributed by atoms with Gasteiger partial charge in [0.25, 0.3) is 11.8 Å². The monoisotopic (exact) mass is 509 g/mol. The van der Waals surface area contributed by atoms with E-state index in [-0.39, 0.29) is 11.8 Å². The first-order chi connectivity index (χ1) is 17.8. The van der Waals surface area contributed by atoms with E-state index >= 15 is 0 Å². The molecule has 4 rings (SSSR count). The van der Waals surface area contributed by atoms with Crippen LogP contribution in [0.25, 0.3) is 10.9 Å². The van der Waals surface area contributed by atoms with Crippen LogP contribution in [0.1, 0.15) is 34.2 Å². The van der Waals surface area contributed by atoms with Crippen LogP contribution in [0, 0.1) is 0 Å². The third kappa shape index (κ3) is 7.37. The molecule has 37 heavy (non-hydrogen) atoms. The first-order valence-electron chi connectivity index (χ1n) is 12.1. The van der Waals surface area contributed by atoms with Gasteiger partial charge in [0, 0.05) is 56.8 Å². The predicted octanol–water partition coefficient (Wildman–Crippen LogP) is 1.79. The Balaban J connectivity index is 0.000000568. The highest BCUT2D eigenvalue weighted by Gasteiger charge is 2.22. The third-order valence-electron chi connectivity index (χ3n) is 5.89. The SMILES string of the molecule is CCCn1nc(C(=O)NCCN2CCN(C(=O)c3ccccc3)CC2)c2ccccc21.O=C(O)C(=O)O. The fraction of sp³-hybridized carbons (Fsp3) is 0.346. The van der Waals surface area contributed by atoms with Crippen molar-refractivity contribution in [2.24, 2.45) is 0 Å². The van der Waals surface area contributed by atoms with Gasteiger partial charge in [0.2, 0.25) is 0 Å². The van der Waals surface area contributed by atoms with Crippen LogP contribution in [0.3, 0.4) is 0 Å². The summed E-state index contributed by atoms with van der Waals surface area (Å²) in [6.45, 7) is 7.22. The molecule has 1 aliphatic heterocycles. The molecule has 0 saturated carbocycles. The zero-order chi connectivity index (χ0) is 26.8. The molecule has 1 aliphatic rings. The molecular weight excluding hydrogens is 478 g/mol. The van der Waals surface area contributed by atoms with E-state index < -0.39 is 11.9 Å². The van der Waals surface area contributed by atoms with Crippen LogP contribution in [0.15, 0.2) is 54.6 Å². The molecule has 0 spiro atoms. The lowest BCUT2D eigenvalue weighted by Gasteiger charge is -2.34. The molecule has 0 bridgehead atoms. The minimum absolute atomic E-state index is 0.0862. The lowest BCUT2D eigenvalue weighted by molar-refractivity contribution is -0.159. The number of aromatic nitrogens is 2. The van der Waals surface area contributed by atoms with E-state index in [4.69, 9.17) is 19.8 Å². The molecule has 2 aromatic carbocycles. The van der Waals surface area contributed by atoms with E-state index in [0.717, 1.165) is 49.1 Å². The van der Waals surface area contributed by atoms with Gasteiger partial charge in [-0.2, -0.15) is 5.10 Å². The molecule has 0 radical (unpaired) electrons. The van der Waals surface area contributed by atoms with Gasteiger partial charge in [0.15, 0.2) is 5.69 Å². The van der Waals surface area contributed by atoms with Gasteiger partial charge in [-0.05, 0) is 24.6 Å². The second-order valence-corrected chi connectivity index (χ2v) is 8.45. The van der Waals surface area contributed by atoms with E-state index in [1.807, 2.05) is 64.2 Å². The number of amides is 2. The summed E-state index contributed by atoms with van der Waals surface area (Å²) in [6, 6.07) is 17.3. The number of carbonyl (C=O) groups excluding carboxylic acids is 2. The average molecular weight is 510 g/mol. The van der Waals surface area contributed by atoms with Crippen LogP contribution in [-0.4, -0.2) is 92.8 Å². The molecule has 0 aliphatic carbocycles. The van der Waals surface area contributed by atoms with Crippen molar-refractivity contribution in [1.82, 2.24) is 24.9 Å². The summed E-state index contributed by atoms with van der Waals surface area (Å²) < 4.78 is 1.91. The number of aliphatic carboxylic acids is 2. The number of nitrogens with one attached hydrogen (secondary N) is 1. The second-order valence-electron chi connectivity index (χ2n) is 8.45. The Morgan fingerprint density at radius 2 is 1.49 bits per heavy atom. The normalized spacial score (nSPS) is 13.5. The molecular formula is C26H31N5O6. The summed E-state index contributed by atoms with van der Waals surface area (Å²) in [4.78, 5) is 47.7. The van der Waals surface area contributed by atoms with Gasteiger partial charge in [-0.1, -0.05) is 43.3 Å². The zero-order valence-electron chi connectivity index (χ0n) is 20.7. The van der Waals surface area contributed by atoms with Crippen LogP contribution in [0.2, 0.25) is 0 Å². The topological polar surface area (TPSA) is 145 Å². The van der Waals surface area contributed by atoms with Gasteiger partial charge in [0.05, 0.1) is 5.52 Å². The minimum atomic E-state index is -1.82. The quantitative estimate of drug-likeness (QED) is 0.409. The number of carboxylic acid groups (broad SMARTS) is 2. The number of rotatable bonds is 7. The molecule has 11 heteroatoms. The Morgan fingerprint density at radius 1 is 0.865 bits per heavy atom. The number of para-hydroxylation sites is 1. The van der Waals surface area contributed by atoms with E-state index in [9.17, 15) is 9.59 Å². The molecule has 1 aromatic heterocycles. The fourth-order valence-electron chi connectivity index (χ4n) is 4.03. The molecule has 3 aromatic rings. The minimum Gasteiger partial charge on any atom is -0.473 e. The number of nitrogens with zero attached hydrogens (tertiary/aromatic N) is 4. The Morgan fingerprint density at radius 3 is 2.11 bits per heavy atom. The second kappa shape index (κ2) is 13.2. The summed E-state index contributed by atoms with van der Waals surface area (Å²) >= 11 is 0. The lowest BCUT2D eigenvalue weighted by atomic mass is 10.2. The van der Waals surface area contributed by atoms with Crippen LogP contribution >= 0.6 is 0 Å². The highest BCUT2D eigenvalue weighted by atomic mass is 16.4. The Hall–Kier alpha value is -4.25. The van der Waals surface area contributed by atoms with Crippen molar-refractivity contribution in [3.63, 3.8) is 0 Å². The largest absolute Gasteiger partial charge is 0.473 e. The number of piperazine rings is 1. The third-order valence-corrected chi connectivity index (χ3v) is 5.89. The molecule has 11 nitrogen and oxygen atoms in total. The van der Waals surface area contributed by atoms with Gasteiger partial charge < -0.3 is 20.4 Å². The van der Waals surface area contributed by atoms with E-state index in [1.165, 1.54) is 0 Å². The first-order valence-corrected chi connectivity index (χ1v) is 12.1. The van der Waals surface area contributed by atoms with Crippen molar-refractivity contribution < 1.29 is 29.4 Å². The fourth-order valence-corrected chi connectivity index (χ4v) is 4.03. The predicted molar refractivity (Wildman–Crippen MR) is 136 cm³/mol. The number of benzene rings is 2. The summed E-state index contributed by atoms with van der Waals surface area (Å²) in [5.41, 5.74) is 2.22. The molecule has 2 heterocycles. The van der Waals surface area contributed by atoms with E-state index in [0.29, 0.717) is 25.3 Å². The van der Waals surface area contributed by atoms with Gasteiger partial charge in [-0.25, -0.2) is 9.59 Å². The van der Waals surface area contributed by atoms with Crippen molar-refractivity contribution >= 4 is 34.7 Å². The summed E-state index contributed by atoms with van der Waals surface area (Å²) in [5, 5.41) is 23.2. The maximum atomic E-state index is 12.8. The van der Waals surface area contributed by atoms with Crippen molar-refractivity contribution in [3.8, 4) is 0 Å². The summed E-state index contributed by atoms with van der Waals surface area (Å²) in [5.74, 6) is -3.70. The Kier molecular flexibility index (Phi) is 9.73. The average Bonchev–Trinajstić information content (AvgIpc) is 3.28. The highest BCUT2D eigenvalue weighted by molar-refractivity contribution is 6.27. The van der Waals surface area contributed by atoms with Crippen LogP contribution in [-0.2, 0) is 16.1 Å². The first kappa shape index (κ1) is 27.3. The summed E-state index contributed by atoms with van der Waals surface area (Å²) in [6.07, 6.45) is 0.964. The number of carboxylic acids is 2. The van der Waals surface area contributed by atoms with Crippen LogP contribution in [0.4, 0.5) is 0 Å². The van der Waals surface area contributed by atoms with Crippen molar-refractivity contribution in [2.75, 3.05) is 39.3 Å². The summed E-state index contributed by atoms with van der Waals surface area (Å²) in [7, 11) is 0. The van der Waals surface area contributed by atoms with Crippen LogP contribution in [0.5, 0.6) is 0 Å². The van der Waals surface area contributed by atoms with E-state index in [2.05, 4.69) is 22.2 Å². The Labute approximate surface area is 214 Å². The van der Waals surface area contributed by atoms with Gasteiger partial charge in [-0.3, -0.25) is 19.2 Å².